The van der Waals surface area contributed by atoms with Crippen LogP contribution in [0.3, 0.4) is 0 Å². The monoisotopic (exact) mass is 274 g/mol. The maximum absolute atomic E-state index is 12.1. The van der Waals surface area contributed by atoms with Gasteiger partial charge in [0.1, 0.15) is 0 Å². The fraction of sp³-hybridized carbons (Fsp3) is 0.929. The first kappa shape index (κ1) is 15.8. The van der Waals surface area contributed by atoms with Gasteiger partial charge in [0.15, 0.2) is 0 Å². The molecular weight excluding hydrogens is 248 g/mol. The summed E-state index contributed by atoms with van der Waals surface area (Å²) in [6.45, 7) is 6.26. The number of carbonyl (C=O) groups excluding carboxylic acids is 1. The van der Waals surface area contributed by atoms with Gasteiger partial charge in [0, 0.05) is 12.0 Å². The highest BCUT2D eigenvalue weighted by Gasteiger charge is 2.30. The van der Waals surface area contributed by atoms with Crippen molar-refractivity contribution in [3.8, 4) is 0 Å². The van der Waals surface area contributed by atoms with Gasteiger partial charge in [-0.3, -0.25) is 4.79 Å². The summed E-state index contributed by atoms with van der Waals surface area (Å²) in [7, 11) is 0. The smallest absolute Gasteiger partial charge is 0.223 e. The number of nitrogens with one attached hydrogen (secondary N) is 2. The fourth-order valence-electron chi connectivity index (χ4n) is 2.99. The number of hydrogen-bond donors (Lipinski definition) is 2. The van der Waals surface area contributed by atoms with Gasteiger partial charge >= 0.3 is 0 Å². The van der Waals surface area contributed by atoms with E-state index >= 15 is 0 Å². The Balaban J connectivity index is 0.00000162. The SMILES string of the molecule is CC(NC(=O)C(C)C1CNC1)C1CCCCC1.Cl. The molecule has 3 nitrogen and oxygen atoms in total. The summed E-state index contributed by atoms with van der Waals surface area (Å²) in [6.07, 6.45) is 6.64. The Morgan fingerprint density at radius 1 is 1.11 bits per heavy atom. The van der Waals surface area contributed by atoms with Gasteiger partial charge in [-0.1, -0.05) is 26.2 Å². The molecule has 0 radical (unpaired) electrons. The van der Waals surface area contributed by atoms with Crippen LogP contribution in [0.15, 0.2) is 0 Å². The second-order valence-corrected chi connectivity index (χ2v) is 5.90. The van der Waals surface area contributed by atoms with Crippen molar-refractivity contribution in [2.45, 2.75) is 52.0 Å². The molecule has 1 saturated heterocycles. The maximum atomic E-state index is 12.1. The molecule has 0 aromatic heterocycles. The third-order valence-electron chi connectivity index (χ3n) is 4.66. The first-order chi connectivity index (χ1) is 8.18. The molecule has 0 aromatic carbocycles. The minimum Gasteiger partial charge on any atom is -0.353 e. The molecule has 4 heteroatoms. The minimum atomic E-state index is 0. The Hall–Kier alpha value is -0.280. The average molecular weight is 275 g/mol. The van der Waals surface area contributed by atoms with Crippen LogP contribution in [-0.4, -0.2) is 25.0 Å². The van der Waals surface area contributed by atoms with E-state index in [9.17, 15) is 4.79 Å². The lowest BCUT2D eigenvalue weighted by Crippen LogP contribution is -2.51. The van der Waals surface area contributed by atoms with E-state index in [0.717, 1.165) is 13.1 Å². The normalized spacial score (nSPS) is 24.6. The fourth-order valence-corrected chi connectivity index (χ4v) is 2.99. The van der Waals surface area contributed by atoms with Crippen molar-refractivity contribution in [2.75, 3.05) is 13.1 Å². The predicted octanol–water partition coefficient (Wildman–Crippen LogP) is 2.35. The van der Waals surface area contributed by atoms with Crippen LogP contribution in [0.4, 0.5) is 0 Å². The molecule has 1 aliphatic carbocycles. The molecule has 2 N–H and O–H groups in total. The van der Waals surface area contributed by atoms with E-state index in [-0.39, 0.29) is 24.2 Å². The molecule has 0 spiro atoms. The van der Waals surface area contributed by atoms with Crippen LogP contribution in [0.1, 0.15) is 46.0 Å². The number of amides is 1. The third kappa shape index (κ3) is 3.86. The van der Waals surface area contributed by atoms with Crippen LogP contribution in [0, 0.1) is 17.8 Å². The molecule has 1 saturated carbocycles. The Morgan fingerprint density at radius 2 is 1.72 bits per heavy atom. The summed E-state index contributed by atoms with van der Waals surface area (Å²) in [6, 6.07) is 0.360. The second kappa shape index (κ2) is 7.34. The predicted molar refractivity (Wildman–Crippen MR) is 77.0 cm³/mol. The van der Waals surface area contributed by atoms with E-state index in [1.54, 1.807) is 0 Å². The summed E-state index contributed by atoms with van der Waals surface area (Å²) >= 11 is 0. The molecule has 2 aliphatic rings. The average Bonchev–Trinajstić information content (AvgIpc) is 2.27. The van der Waals surface area contributed by atoms with Crippen LogP contribution in [0.25, 0.3) is 0 Å². The lowest BCUT2D eigenvalue weighted by molar-refractivity contribution is -0.127. The number of rotatable bonds is 4. The van der Waals surface area contributed by atoms with Gasteiger partial charge < -0.3 is 10.6 Å². The molecule has 2 rings (SSSR count). The van der Waals surface area contributed by atoms with Crippen molar-refractivity contribution < 1.29 is 4.79 Å². The minimum absolute atomic E-state index is 0. The van der Waals surface area contributed by atoms with E-state index in [1.165, 1.54) is 32.1 Å². The molecule has 2 unspecified atom stereocenters. The van der Waals surface area contributed by atoms with Crippen molar-refractivity contribution in [1.82, 2.24) is 10.6 Å². The number of halogens is 1. The summed E-state index contributed by atoms with van der Waals surface area (Å²) in [4.78, 5) is 12.1. The highest BCUT2D eigenvalue weighted by atomic mass is 35.5. The van der Waals surface area contributed by atoms with Crippen LogP contribution in [-0.2, 0) is 4.79 Å². The molecular formula is C14H27ClN2O. The van der Waals surface area contributed by atoms with E-state index in [2.05, 4.69) is 24.5 Å². The van der Waals surface area contributed by atoms with Crippen LogP contribution < -0.4 is 10.6 Å². The molecule has 1 aliphatic heterocycles. The lowest BCUT2D eigenvalue weighted by Gasteiger charge is -2.34. The summed E-state index contributed by atoms with van der Waals surface area (Å²) in [5, 5.41) is 6.47. The molecule has 2 atom stereocenters. The molecule has 2 fully saturated rings. The van der Waals surface area contributed by atoms with Crippen molar-refractivity contribution in [1.29, 1.82) is 0 Å². The molecule has 1 heterocycles. The topological polar surface area (TPSA) is 41.1 Å². The van der Waals surface area contributed by atoms with Crippen LogP contribution in [0.2, 0.25) is 0 Å². The van der Waals surface area contributed by atoms with Gasteiger partial charge in [-0.05, 0) is 44.7 Å². The largest absolute Gasteiger partial charge is 0.353 e. The second-order valence-electron chi connectivity index (χ2n) is 5.90. The standard InChI is InChI=1S/C14H26N2O.ClH/c1-10(13-8-15-9-13)14(17)16-11(2)12-6-4-3-5-7-12;/h10-13,15H,3-9H2,1-2H3,(H,16,17);1H. The molecule has 18 heavy (non-hydrogen) atoms. The molecule has 0 aromatic rings. The zero-order valence-corrected chi connectivity index (χ0v) is 12.4. The molecule has 1 amide bonds. The highest BCUT2D eigenvalue weighted by Crippen LogP contribution is 2.26. The summed E-state index contributed by atoms with van der Waals surface area (Å²) < 4.78 is 0. The number of carbonyl (C=O) groups is 1. The quantitative estimate of drug-likeness (QED) is 0.826. The van der Waals surface area contributed by atoms with Gasteiger partial charge in [0.25, 0.3) is 0 Å². The van der Waals surface area contributed by atoms with Gasteiger partial charge in [0.05, 0.1) is 0 Å². The zero-order chi connectivity index (χ0) is 12.3. The number of hydrogen-bond acceptors (Lipinski definition) is 2. The Kier molecular flexibility index (Phi) is 6.44. The Labute approximate surface area is 117 Å². The van der Waals surface area contributed by atoms with Crippen molar-refractivity contribution in [3.05, 3.63) is 0 Å². The van der Waals surface area contributed by atoms with Crippen LogP contribution in [0.5, 0.6) is 0 Å². The van der Waals surface area contributed by atoms with Gasteiger partial charge in [-0.2, -0.15) is 0 Å². The molecule has 106 valence electrons. The van der Waals surface area contributed by atoms with Crippen molar-refractivity contribution in [2.24, 2.45) is 17.8 Å². The van der Waals surface area contributed by atoms with Crippen molar-refractivity contribution >= 4 is 18.3 Å². The van der Waals surface area contributed by atoms with E-state index < -0.39 is 0 Å². The van der Waals surface area contributed by atoms with Gasteiger partial charge in [0.2, 0.25) is 5.91 Å². The highest BCUT2D eigenvalue weighted by molar-refractivity contribution is 5.85. The maximum Gasteiger partial charge on any atom is 0.223 e. The Bertz CT molecular complexity index is 263. The first-order valence-corrected chi connectivity index (χ1v) is 7.19. The van der Waals surface area contributed by atoms with E-state index in [0.29, 0.717) is 17.9 Å². The molecule has 0 bridgehead atoms. The van der Waals surface area contributed by atoms with Crippen molar-refractivity contribution in [3.63, 3.8) is 0 Å². The van der Waals surface area contributed by atoms with Gasteiger partial charge in [-0.25, -0.2) is 0 Å². The van der Waals surface area contributed by atoms with Crippen LogP contribution >= 0.6 is 12.4 Å². The van der Waals surface area contributed by atoms with Gasteiger partial charge in [-0.15, -0.1) is 12.4 Å². The van der Waals surface area contributed by atoms with E-state index in [4.69, 9.17) is 0 Å². The lowest BCUT2D eigenvalue weighted by atomic mass is 9.83. The Morgan fingerprint density at radius 3 is 2.22 bits per heavy atom. The summed E-state index contributed by atoms with van der Waals surface area (Å²) in [5.74, 6) is 1.69. The first-order valence-electron chi connectivity index (χ1n) is 7.19. The van der Waals surface area contributed by atoms with E-state index in [1.807, 2.05) is 0 Å². The third-order valence-corrected chi connectivity index (χ3v) is 4.66. The zero-order valence-electron chi connectivity index (χ0n) is 11.6. The summed E-state index contributed by atoms with van der Waals surface area (Å²) in [5.41, 5.74) is 0.